The summed E-state index contributed by atoms with van der Waals surface area (Å²) in [4.78, 5) is 11.3. The molecule has 2 aromatic carbocycles. The van der Waals surface area contributed by atoms with E-state index < -0.39 is 22.2 Å². The average molecular weight is 422 g/mol. The summed E-state index contributed by atoms with van der Waals surface area (Å²) in [5.74, 6) is -0.00537. The van der Waals surface area contributed by atoms with Crippen LogP contribution in [0.4, 0.5) is 0 Å². The number of aliphatic carboxylic acids is 1. The molecule has 7 nitrogen and oxygen atoms in total. The quantitative estimate of drug-likeness (QED) is 0.525. The predicted octanol–water partition coefficient (Wildman–Crippen LogP) is 3.07. The third-order valence-corrected chi connectivity index (χ3v) is 4.47. The van der Waals surface area contributed by atoms with Crippen molar-refractivity contribution >= 4 is 16.1 Å². The minimum atomic E-state index is -3.53. The van der Waals surface area contributed by atoms with Crippen LogP contribution < -0.4 is 8.92 Å². The van der Waals surface area contributed by atoms with Crippen molar-refractivity contribution in [3.63, 3.8) is 0 Å². The maximum atomic E-state index is 11.3. The van der Waals surface area contributed by atoms with E-state index in [2.05, 4.69) is 0 Å². The fraction of sp³-hybridized carbons (Fsp3) is 0.381. The molecule has 1 N–H and O–H groups in total. The Bertz CT molecular complexity index is 874. The Hall–Kier alpha value is -2.58. The maximum absolute atomic E-state index is 11.3. The van der Waals surface area contributed by atoms with Gasteiger partial charge in [0.15, 0.2) is 6.10 Å². The normalized spacial score (nSPS) is 12.3. The molecule has 0 aliphatic carbocycles. The van der Waals surface area contributed by atoms with Gasteiger partial charge in [0.25, 0.3) is 0 Å². The maximum Gasteiger partial charge on any atom is 0.333 e. The summed E-state index contributed by atoms with van der Waals surface area (Å²) >= 11 is 0. The number of benzene rings is 2. The summed E-state index contributed by atoms with van der Waals surface area (Å²) < 4.78 is 38.1. The zero-order chi connectivity index (χ0) is 21.3. The van der Waals surface area contributed by atoms with E-state index in [9.17, 15) is 18.3 Å². The molecule has 1 atom stereocenters. The molecule has 0 spiro atoms. The van der Waals surface area contributed by atoms with Crippen LogP contribution in [0.25, 0.3) is 0 Å². The van der Waals surface area contributed by atoms with E-state index in [0.717, 1.165) is 23.8 Å². The monoisotopic (exact) mass is 422 g/mol. The van der Waals surface area contributed by atoms with Crippen LogP contribution in [0.15, 0.2) is 48.5 Å². The minimum Gasteiger partial charge on any atom is -0.493 e. The Kier molecular flexibility index (Phi) is 8.48. The fourth-order valence-corrected chi connectivity index (χ4v) is 3.05. The third kappa shape index (κ3) is 8.53. The van der Waals surface area contributed by atoms with Gasteiger partial charge in [0, 0.05) is 19.4 Å². The molecule has 0 heterocycles. The topological polar surface area (TPSA) is 99.1 Å². The first-order valence-electron chi connectivity index (χ1n) is 9.31. The second-order valence-electron chi connectivity index (χ2n) is 6.58. The third-order valence-electron chi connectivity index (χ3n) is 3.97. The lowest BCUT2D eigenvalue weighted by Gasteiger charge is -2.13. The second kappa shape index (κ2) is 10.8. The van der Waals surface area contributed by atoms with E-state index in [1.807, 2.05) is 19.1 Å². The summed E-state index contributed by atoms with van der Waals surface area (Å²) in [5.41, 5.74) is 1.85. The van der Waals surface area contributed by atoms with Gasteiger partial charge < -0.3 is 18.8 Å². The molecular formula is C21H26O7S. The van der Waals surface area contributed by atoms with Crippen molar-refractivity contribution in [1.29, 1.82) is 0 Å². The molecule has 158 valence electrons. The van der Waals surface area contributed by atoms with Crippen molar-refractivity contribution in [2.24, 2.45) is 0 Å². The zero-order valence-corrected chi connectivity index (χ0v) is 17.4. The van der Waals surface area contributed by atoms with Crippen molar-refractivity contribution < 1.29 is 32.0 Å². The fourth-order valence-electron chi connectivity index (χ4n) is 2.59. The molecule has 0 saturated carbocycles. The largest absolute Gasteiger partial charge is 0.493 e. The highest BCUT2D eigenvalue weighted by atomic mass is 32.2. The van der Waals surface area contributed by atoms with Crippen molar-refractivity contribution in [3.8, 4) is 11.5 Å². The smallest absolute Gasteiger partial charge is 0.333 e. The number of carboxylic acids is 1. The standard InChI is InChI=1S/C21H26O7S/c1-3-13-27-20(21(22)23)15-17-6-8-18(9-7-17)26-14-12-16-4-10-19(11-5-16)28-29(2,24)25/h4-11,20H,3,12-15H2,1-2H3,(H,22,23)/t20-/m0/s1. The summed E-state index contributed by atoms with van der Waals surface area (Å²) in [5, 5.41) is 9.23. The van der Waals surface area contributed by atoms with Gasteiger partial charge in [0.2, 0.25) is 0 Å². The lowest BCUT2D eigenvalue weighted by atomic mass is 10.1. The van der Waals surface area contributed by atoms with Crippen LogP contribution in [-0.4, -0.2) is 45.1 Å². The average Bonchev–Trinajstić information content (AvgIpc) is 2.66. The van der Waals surface area contributed by atoms with Crippen LogP contribution in [0, 0.1) is 0 Å². The second-order valence-corrected chi connectivity index (χ2v) is 8.15. The molecule has 29 heavy (non-hydrogen) atoms. The van der Waals surface area contributed by atoms with E-state index in [1.165, 1.54) is 0 Å². The molecule has 0 aromatic heterocycles. The highest BCUT2D eigenvalue weighted by molar-refractivity contribution is 7.86. The van der Waals surface area contributed by atoms with Crippen molar-refractivity contribution in [3.05, 3.63) is 59.7 Å². The molecule has 0 amide bonds. The van der Waals surface area contributed by atoms with Crippen LogP contribution >= 0.6 is 0 Å². The van der Waals surface area contributed by atoms with E-state index in [0.29, 0.717) is 31.8 Å². The van der Waals surface area contributed by atoms with Gasteiger partial charge in [-0.1, -0.05) is 31.2 Å². The molecule has 0 aliphatic rings. The van der Waals surface area contributed by atoms with Crippen molar-refractivity contribution in [1.82, 2.24) is 0 Å². The highest BCUT2D eigenvalue weighted by Gasteiger charge is 2.18. The minimum absolute atomic E-state index is 0.273. The molecule has 0 fully saturated rings. The van der Waals surface area contributed by atoms with Gasteiger partial charge in [-0.2, -0.15) is 8.42 Å². The number of hydrogen-bond acceptors (Lipinski definition) is 6. The van der Waals surface area contributed by atoms with Crippen LogP contribution in [0.3, 0.4) is 0 Å². The van der Waals surface area contributed by atoms with E-state index in [-0.39, 0.29) is 5.75 Å². The van der Waals surface area contributed by atoms with Gasteiger partial charge >= 0.3 is 16.1 Å². The van der Waals surface area contributed by atoms with Crippen LogP contribution in [-0.2, 0) is 32.5 Å². The summed E-state index contributed by atoms with van der Waals surface area (Å²) in [6.07, 6.45) is 1.87. The first-order chi connectivity index (χ1) is 13.8. The molecule has 2 aromatic rings. The Morgan fingerprint density at radius 2 is 1.55 bits per heavy atom. The number of hydrogen-bond donors (Lipinski definition) is 1. The molecule has 2 rings (SSSR count). The Balaban J connectivity index is 1.82. The van der Waals surface area contributed by atoms with Crippen LogP contribution in [0.2, 0.25) is 0 Å². The Morgan fingerprint density at radius 3 is 2.10 bits per heavy atom. The lowest BCUT2D eigenvalue weighted by molar-refractivity contribution is -0.150. The van der Waals surface area contributed by atoms with Crippen LogP contribution in [0.1, 0.15) is 24.5 Å². The number of carboxylic acid groups (broad SMARTS) is 1. The number of ether oxygens (including phenoxy) is 2. The van der Waals surface area contributed by atoms with Gasteiger partial charge in [-0.3, -0.25) is 0 Å². The Labute approximate surface area is 171 Å². The van der Waals surface area contributed by atoms with Gasteiger partial charge in [0.1, 0.15) is 11.5 Å². The SMILES string of the molecule is CCCO[C@@H](Cc1ccc(OCCc2ccc(OS(C)(=O)=O)cc2)cc1)C(=O)O. The number of carbonyl (C=O) groups is 1. The molecule has 0 unspecified atom stereocenters. The van der Waals surface area contributed by atoms with Gasteiger partial charge in [-0.25, -0.2) is 4.79 Å². The predicted molar refractivity (Wildman–Crippen MR) is 109 cm³/mol. The highest BCUT2D eigenvalue weighted by Crippen LogP contribution is 2.17. The summed E-state index contributed by atoms with van der Waals surface area (Å²) in [7, 11) is -3.53. The Morgan fingerprint density at radius 1 is 0.966 bits per heavy atom. The van der Waals surface area contributed by atoms with Crippen molar-refractivity contribution in [2.75, 3.05) is 19.5 Å². The molecule has 8 heteroatoms. The molecule has 0 radical (unpaired) electrons. The zero-order valence-electron chi connectivity index (χ0n) is 16.5. The number of rotatable bonds is 12. The van der Waals surface area contributed by atoms with Gasteiger partial charge in [0.05, 0.1) is 12.9 Å². The van der Waals surface area contributed by atoms with Gasteiger partial charge in [-0.05, 0) is 41.8 Å². The molecule has 0 saturated heterocycles. The van der Waals surface area contributed by atoms with E-state index in [1.54, 1.807) is 36.4 Å². The van der Waals surface area contributed by atoms with Crippen LogP contribution in [0.5, 0.6) is 11.5 Å². The summed E-state index contributed by atoms with van der Waals surface area (Å²) in [6.45, 7) is 2.80. The molecular weight excluding hydrogens is 396 g/mol. The molecule has 0 aliphatic heterocycles. The lowest BCUT2D eigenvalue weighted by Crippen LogP contribution is -2.26. The first kappa shape index (κ1) is 22.7. The van der Waals surface area contributed by atoms with Gasteiger partial charge in [-0.15, -0.1) is 0 Å². The van der Waals surface area contributed by atoms with E-state index >= 15 is 0 Å². The van der Waals surface area contributed by atoms with E-state index in [4.69, 9.17) is 13.7 Å². The summed E-state index contributed by atoms with van der Waals surface area (Å²) in [6, 6.07) is 14.0. The van der Waals surface area contributed by atoms with Crippen molar-refractivity contribution in [2.45, 2.75) is 32.3 Å². The first-order valence-corrected chi connectivity index (χ1v) is 11.1. The molecule has 0 bridgehead atoms.